The number of carbonyl (C=O) groups excluding carboxylic acids is 1. The molecule has 1 aromatic carbocycles. The van der Waals surface area contributed by atoms with Crippen molar-refractivity contribution in [3.8, 4) is 11.5 Å². The maximum Gasteiger partial charge on any atom is 0.272 e. The van der Waals surface area contributed by atoms with Gasteiger partial charge in [0.1, 0.15) is 23.8 Å². The predicted octanol–water partition coefficient (Wildman–Crippen LogP) is 3.04. The molecular formula is C19H23N3O3. The Bertz CT molecular complexity index is 765. The third-order valence-corrected chi connectivity index (χ3v) is 5.10. The lowest BCUT2D eigenvalue weighted by atomic mass is 10.1. The molecule has 1 aliphatic heterocycles. The summed E-state index contributed by atoms with van der Waals surface area (Å²) in [6.45, 7) is 1.57. The maximum atomic E-state index is 13.1. The summed E-state index contributed by atoms with van der Waals surface area (Å²) in [7, 11) is 1.64. The van der Waals surface area contributed by atoms with Gasteiger partial charge in [-0.2, -0.15) is 5.10 Å². The van der Waals surface area contributed by atoms with Gasteiger partial charge in [-0.15, -0.1) is 0 Å². The molecule has 1 amide bonds. The van der Waals surface area contributed by atoms with Gasteiger partial charge in [0.05, 0.1) is 19.7 Å². The third-order valence-electron chi connectivity index (χ3n) is 5.10. The number of ether oxygens (including phenoxy) is 2. The molecule has 1 aromatic heterocycles. The van der Waals surface area contributed by atoms with Crippen LogP contribution in [-0.4, -0.2) is 40.8 Å². The first-order valence-electron chi connectivity index (χ1n) is 8.89. The molecule has 0 bridgehead atoms. The van der Waals surface area contributed by atoms with Crippen LogP contribution in [0, 0.1) is 0 Å². The van der Waals surface area contributed by atoms with Crippen molar-refractivity contribution in [3.05, 3.63) is 41.7 Å². The fourth-order valence-electron chi connectivity index (χ4n) is 3.74. The maximum absolute atomic E-state index is 13.1. The van der Waals surface area contributed by atoms with Gasteiger partial charge in [0.25, 0.3) is 5.91 Å². The first kappa shape index (κ1) is 16.0. The van der Waals surface area contributed by atoms with Gasteiger partial charge < -0.3 is 14.4 Å². The van der Waals surface area contributed by atoms with E-state index in [0.29, 0.717) is 31.4 Å². The van der Waals surface area contributed by atoms with E-state index in [4.69, 9.17) is 9.47 Å². The van der Waals surface area contributed by atoms with Crippen molar-refractivity contribution in [3.63, 3.8) is 0 Å². The van der Waals surface area contributed by atoms with Crippen molar-refractivity contribution < 1.29 is 14.3 Å². The number of methoxy groups -OCH3 is 1. The monoisotopic (exact) mass is 341 g/mol. The Kier molecular flexibility index (Phi) is 4.34. The van der Waals surface area contributed by atoms with Gasteiger partial charge in [-0.25, -0.2) is 0 Å². The van der Waals surface area contributed by atoms with Gasteiger partial charge in [0.2, 0.25) is 0 Å². The lowest BCUT2D eigenvalue weighted by Gasteiger charge is -2.22. The fraction of sp³-hybridized carbons (Fsp3) is 0.474. The van der Waals surface area contributed by atoms with Crippen LogP contribution in [0.15, 0.2) is 30.5 Å². The van der Waals surface area contributed by atoms with Gasteiger partial charge in [-0.1, -0.05) is 12.8 Å². The lowest BCUT2D eigenvalue weighted by Crippen LogP contribution is -2.34. The lowest BCUT2D eigenvalue weighted by molar-refractivity contribution is 0.0717. The molecule has 0 unspecified atom stereocenters. The smallest absolute Gasteiger partial charge is 0.272 e. The van der Waals surface area contributed by atoms with Crippen molar-refractivity contribution in [2.75, 3.05) is 20.3 Å². The number of aromatic nitrogens is 2. The summed E-state index contributed by atoms with van der Waals surface area (Å²) >= 11 is 0. The van der Waals surface area contributed by atoms with Crippen molar-refractivity contribution in [1.82, 2.24) is 14.7 Å². The quantitative estimate of drug-likeness (QED) is 0.861. The molecular weight excluding hydrogens is 318 g/mol. The summed E-state index contributed by atoms with van der Waals surface area (Å²) in [5.41, 5.74) is 1.68. The number of hydrogen-bond acceptors (Lipinski definition) is 4. The average Bonchev–Trinajstić information content (AvgIpc) is 3.28. The Hall–Kier alpha value is -2.50. The van der Waals surface area contributed by atoms with Gasteiger partial charge in [0, 0.05) is 24.4 Å². The minimum Gasteiger partial charge on any atom is -0.497 e. The molecule has 0 atom stereocenters. The van der Waals surface area contributed by atoms with E-state index in [1.807, 2.05) is 33.8 Å². The Morgan fingerprint density at radius 3 is 2.92 bits per heavy atom. The number of hydrogen-bond donors (Lipinski definition) is 0. The largest absolute Gasteiger partial charge is 0.497 e. The minimum atomic E-state index is 0.0247. The summed E-state index contributed by atoms with van der Waals surface area (Å²) in [5, 5.41) is 4.43. The van der Waals surface area contributed by atoms with E-state index in [9.17, 15) is 4.79 Å². The Labute approximate surface area is 147 Å². The molecule has 1 aliphatic carbocycles. The molecule has 25 heavy (non-hydrogen) atoms. The molecule has 0 N–H and O–H groups in total. The number of benzene rings is 1. The van der Waals surface area contributed by atoms with Gasteiger partial charge in [-0.05, 0) is 31.0 Å². The highest BCUT2D eigenvalue weighted by molar-refractivity contribution is 5.92. The van der Waals surface area contributed by atoms with Crippen LogP contribution in [-0.2, 0) is 6.54 Å². The first-order valence-corrected chi connectivity index (χ1v) is 8.89. The summed E-state index contributed by atoms with van der Waals surface area (Å²) in [6.07, 6.45) is 6.37. The molecule has 6 heteroatoms. The molecule has 0 saturated heterocycles. The second kappa shape index (κ2) is 6.78. The van der Waals surface area contributed by atoms with Crippen LogP contribution >= 0.6 is 0 Å². The SMILES string of the molecule is COc1ccc2c(c1)OCCN(C(=O)c1ccnn1C1CCCC1)C2. The number of fused-ring (bicyclic) bond motifs is 1. The van der Waals surface area contributed by atoms with Crippen LogP contribution < -0.4 is 9.47 Å². The van der Waals surface area contributed by atoms with Crippen molar-refractivity contribution in [2.45, 2.75) is 38.3 Å². The Morgan fingerprint density at radius 1 is 1.28 bits per heavy atom. The second-order valence-corrected chi connectivity index (χ2v) is 6.65. The van der Waals surface area contributed by atoms with E-state index in [0.717, 1.165) is 29.9 Å². The number of carbonyl (C=O) groups is 1. The van der Waals surface area contributed by atoms with Crippen LogP contribution in [0.1, 0.15) is 47.8 Å². The molecule has 2 heterocycles. The van der Waals surface area contributed by atoms with Crippen molar-refractivity contribution >= 4 is 5.91 Å². The zero-order valence-electron chi connectivity index (χ0n) is 14.5. The average molecular weight is 341 g/mol. The number of amides is 1. The molecule has 6 nitrogen and oxygen atoms in total. The summed E-state index contributed by atoms with van der Waals surface area (Å²) in [4.78, 5) is 15.0. The van der Waals surface area contributed by atoms with Crippen LogP contribution in [0.2, 0.25) is 0 Å². The minimum absolute atomic E-state index is 0.0247. The standard InChI is InChI=1S/C19H23N3O3/c1-24-16-7-6-14-13-21(10-11-25-18(14)12-16)19(23)17-8-9-20-22(17)15-4-2-3-5-15/h6-9,12,15H,2-5,10-11,13H2,1H3. The molecule has 0 radical (unpaired) electrons. The number of nitrogens with zero attached hydrogens (tertiary/aromatic N) is 3. The van der Waals surface area contributed by atoms with E-state index in [2.05, 4.69) is 5.10 Å². The van der Waals surface area contributed by atoms with Crippen LogP contribution in [0.4, 0.5) is 0 Å². The fourth-order valence-corrected chi connectivity index (χ4v) is 3.74. The molecule has 1 saturated carbocycles. The summed E-state index contributed by atoms with van der Waals surface area (Å²) in [6, 6.07) is 7.94. The van der Waals surface area contributed by atoms with E-state index in [1.165, 1.54) is 12.8 Å². The Balaban J connectivity index is 1.57. The Morgan fingerprint density at radius 2 is 2.12 bits per heavy atom. The van der Waals surface area contributed by atoms with Gasteiger partial charge >= 0.3 is 0 Å². The third kappa shape index (κ3) is 3.08. The molecule has 132 valence electrons. The zero-order chi connectivity index (χ0) is 17.2. The first-order chi connectivity index (χ1) is 12.3. The zero-order valence-corrected chi connectivity index (χ0v) is 14.5. The summed E-state index contributed by atoms with van der Waals surface area (Å²) in [5.74, 6) is 1.58. The molecule has 1 fully saturated rings. The molecule has 0 spiro atoms. The molecule has 2 aliphatic rings. The van der Waals surface area contributed by atoms with E-state index in [1.54, 1.807) is 13.3 Å². The number of rotatable bonds is 3. The van der Waals surface area contributed by atoms with Crippen LogP contribution in [0.3, 0.4) is 0 Å². The molecule has 4 rings (SSSR count). The van der Waals surface area contributed by atoms with Crippen molar-refractivity contribution in [1.29, 1.82) is 0 Å². The van der Waals surface area contributed by atoms with E-state index < -0.39 is 0 Å². The highest BCUT2D eigenvalue weighted by atomic mass is 16.5. The highest BCUT2D eigenvalue weighted by Crippen LogP contribution is 2.31. The van der Waals surface area contributed by atoms with Crippen molar-refractivity contribution in [2.24, 2.45) is 0 Å². The summed E-state index contributed by atoms with van der Waals surface area (Å²) < 4.78 is 13.0. The normalized spacial score (nSPS) is 17.7. The second-order valence-electron chi connectivity index (χ2n) is 6.65. The topological polar surface area (TPSA) is 56.6 Å². The highest BCUT2D eigenvalue weighted by Gasteiger charge is 2.27. The van der Waals surface area contributed by atoms with Gasteiger partial charge in [0.15, 0.2) is 0 Å². The molecule has 2 aromatic rings. The van der Waals surface area contributed by atoms with E-state index >= 15 is 0 Å². The van der Waals surface area contributed by atoms with Gasteiger partial charge in [-0.3, -0.25) is 9.48 Å². The van der Waals surface area contributed by atoms with Crippen LogP contribution in [0.25, 0.3) is 0 Å². The van der Waals surface area contributed by atoms with Crippen LogP contribution in [0.5, 0.6) is 11.5 Å². The predicted molar refractivity (Wildman–Crippen MR) is 93.0 cm³/mol. The van der Waals surface area contributed by atoms with E-state index in [-0.39, 0.29) is 5.91 Å².